The first-order chi connectivity index (χ1) is 12.9. The number of nitrogens with zero attached hydrogens (tertiary/aromatic N) is 4. The Kier molecular flexibility index (Phi) is 4.02. The molecular weight excluding hydrogens is 391 g/mol. The number of amides is 1. The molecule has 2 heterocycles. The highest BCUT2D eigenvalue weighted by Crippen LogP contribution is 2.48. The predicted molar refractivity (Wildman–Crippen MR) is 101 cm³/mol. The van der Waals surface area contributed by atoms with Crippen molar-refractivity contribution in [2.75, 3.05) is 9.80 Å². The number of halogens is 2. The van der Waals surface area contributed by atoms with Crippen molar-refractivity contribution in [1.29, 1.82) is 5.26 Å². The van der Waals surface area contributed by atoms with Crippen LogP contribution < -0.4 is 9.80 Å². The number of thiocarbonyl (C=S) groups is 1. The second-order valence-electron chi connectivity index (χ2n) is 6.42. The molecule has 136 valence electrons. The zero-order chi connectivity index (χ0) is 19.3. The molecule has 4 rings (SSSR count). The molecule has 6 nitrogen and oxygen atoms in total. The molecule has 1 aromatic carbocycles. The van der Waals surface area contributed by atoms with Gasteiger partial charge in [0.15, 0.2) is 22.4 Å². The molecule has 2 aliphatic rings. The summed E-state index contributed by atoms with van der Waals surface area (Å²) in [6, 6.07) is 7.23. The van der Waals surface area contributed by atoms with Crippen LogP contribution >= 0.6 is 23.8 Å². The fraction of sp³-hybridized carbons (Fsp3) is 0.222. The van der Waals surface area contributed by atoms with Gasteiger partial charge in [-0.25, -0.2) is 9.37 Å². The first-order valence-electron chi connectivity index (χ1n) is 8.12. The highest BCUT2D eigenvalue weighted by Gasteiger charge is 2.59. The van der Waals surface area contributed by atoms with E-state index in [0.29, 0.717) is 24.2 Å². The number of benzene rings is 1. The average Bonchev–Trinajstić information content (AvgIpc) is 2.84. The average molecular weight is 403 g/mol. The molecule has 1 N–H and O–H groups in total. The van der Waals surface area contributed by atoms with Crippen LogP contribution in [-0.4, -0.2) is 26.6 Å². The SMILES string of the molecule is N#Cc1ncc(N2C(=O)C3(CCC3)N(c3ccc(O)c(F)c3)C2=S)cc1Cl. The molecule has 9 heteroatoms. The molecule has 27 heavy (non-hydrogen) atoms. The summed E-state index contributed by atoms with van der Waals surface area (Å²) in [6.07, 6.45) is 3.35. The topological polar surface area (TPSA) is 80.5 Å². The summed E-state index contributed by atoms with van der Waals surface area (Å²) >= 11 is 11.6. The van der Waals surface area contributed by atoms with Gasteiger partial charge in [-0.3, -0.25) is 9.69 Å². The number of carbonyl (C=O) groups is 1. The number of phenolic OH excluding ortho intramolecular Hbond substituents is 1. The summed E-state index contributed by atoms with van der Waals surface area (Å²) in [5, 5.41) is 18.7. The van der Waals surface area contributed by atoms with Crippen molar-refractivity contribution in [2.45, 2.75) is 24.8 Å². The molecule has 2 fully saturated rings. The molecule has 1 aliphatic carbocycles. The largest absolute Gasteiger partial charge is 0.505 e. The quantitative estimate of drug-likeness (QED) is 0.774. The molecule has 1 aromatic heterocycles. The van der Waals surface area contributed by atoms with Crippen molar-refractivity contribution in [1.82, 2.24) is 4.98 Å². The number of carbonyl (C=O) groups excluding carboxylic acids is 1. The van der Waals surface area contributed by atoms with Gasteiger partial charge in [0.25, 0.3) is 5.91 Å². The van der Waals surface area contributed by atoms with Crippen molar-refractivity contribution in [3.8, 4) is 11.8 Å². The lowest BCUT2D eigenvalue weighted by molar-refractivity contribution is -0.123. The second kappa shape index (κ2) is 6.15. The Hall–Kier alpha value is -2.76. The third-order valence-electron chi connectivity index (χ3n) is 4.97. The number of hydrogen-bond donors (Lipinski definition) is 1. The monoisotopic (exact) mass is 402 g/mol. The Morgan fingerprint density at radius 1 is 1.33 bits per heavy atom. The van der Waals surface area contributed by atoms with E-state index in [2.05, 4.69) is 4.98 Å². The molecule has 1 saturated heterocycles. The number of aromatic nitrogens is 1. The molecule has 2 aromatic rings. The lowest BCUT2D eigenvalue weighted by Crippen LogP contribution is -2.55. The fourth-order valence-corrected chi connectivity index (χ4v) is 4.15. The standard InChI is InChI=1S/C18H12ClFN4O2S/c19-12-6-11(9-22-14(12)8-21)23-16(26)18(4-1-5-18)24(17(23)27)10-2-3-15(25)13(20)7-10/h2-3,6-7,9,25H,1,4-5H2. The maximum atomic E-state index is 13.9. The zero-order valence-corrected chi connectivity index (χ0v) is 15.4. The molecular formula is C18H12ClFN4O2S. The summed E-state index contributed by atoms with van der Waals surface area (Å²) in [7, 11) is 0. The zero-order valence-electron chi connectivity index (χ0n) is 13.8. The van der Waals surface area contributed by atoms with E-state index >= 15 is 0 Å². The van der Waals surface area contributed by atoms with E-state index in [4.69, 9.17) is 29.1 Å². The minimum Gasteiger partial charge on any atom is -0.505 e. The molecule has 0 bridgehead atoms. The minimum absolute atomic E-state index is 0.0498. The Morgan fingerprint density at radius 2 is 2.07 bits per heavy atom. The first-order valence-corrected chi connectivity index (χ1v) is 8.90. The second-order valence-corrected chi connectivity index (χ2v) is 7.19. The fourth-order valence-electron chi connectivity index (χ4n) is 3.48. The Morgan fingerprint density at radius 3 is 2.63 bits per heavy atom. The third-order valence-corrected chi connectivity index (χ3v) is 5.63. The molecule has 0 unspecified atom stereocenters. The van der Waals surface area contributed by atoms with Gasteiger partial charge in [-0.2, -0.15) is 5.26 Å². The van der Waals surface area contributed by atoms with Gasteiger partial charge < -0.3 is 10.0 Å². The van der Waals surface area contributed by atoms with E-state index < -0.39 is 17.1 Å². The van der Waals surface area contributed by atoms with E-state index in [9.17, 15) is 14.3 Å². The summed E-state index contributed by atoms with van der Waals surface area (Å²) < 4.78 is 13.9. The normalized spacial score (nSPS) is 18.0. The lowest BCUT2D eigenvalue weighted by atomic mass is 9.75. The number of pyridine rings is 1. The summed E-state index contributed by atoms with van der Waals surface area (Å²) in [5.41, 5.74) is -0.102. The van der Waals surface area contributed by atoms with Crippen molar-refractivity contribution >= 4 is 46.2 Å². The van der Waals surface area contributed by atoms with Gasteiger partial charge in [0.2, 0.25) is 0 Å². The van der Waals surface area contributed by atoms with Gasteiger partial charge in [-0.05, 0) is 49.7 Å². The van der Waals surface area contributed by atoms with E-state index in [0.717, 1.165) is 12.5 Å². The molecule has 1 amide bonds. The summed E-state index contributed by atoms with van der Waals surface area (Å²) in [4.78, 5) is 20.2. The van der Waals surface area contributed by atoms with Crippen LogP contribution in [0, 0.1) is 17.1 Å². The van der Waals surface area contributed by atoms with Crippen LogP contribution in [0.25, 0.3) is 0 Å². The molecule has 1 saturated carbocycles. The lowest BCUT2D eigenvalue weighted by Gasteiger charge is -2.43. The summed E-state index contributed by atoms with van der Waals surface area (Å²) in [5.74, 6) is -1.51. The van der Waals surface area contributed by atoms with Crippen molar-refractivity contribution in [2.24, 2.45) is 0 Å². The first kappa shape index (κ1) is 17.6. The van der Waals surface area contributed by atoms with Gasteiger partial charge in [0.05, 0.1) is 16.9 Å². The van der Waals surface area contributed by atoms with Crippen LogP contribution in [0.2, 0.25) is 5.02 Å². The van der Waals surface area contributed by atoms with Gasteiger partial charge >= 0.3 is 0 Å². The maximum Gasteiger partial charge on any atom is 0.259 e. The summed E-state index contributed by atoms with van der Waals surface area (Å²) in [6.45, 7) is 0. The van der Waals surface area contributed by atoms with Crippen molar-refractivity contribution in [3.63, 3.8) is 0 Å². The Labute approximate surface area is 164 Å². The van der Waals surface area contributed by atoms with Crippen LogP contribution in [0.15, 0.2) is 30.5 Å². The predicted octanol–water partition coefficient (Wildman–Crippen LogP) is 3.51. The molecule has 0 atom stereocenters. The van der Waals surface area contributed by atoms with Crippen LogP contribution in [0.3, 0.4) is 0 Å². The van der Waals surface area contributed by atoms with Gasteiger partial charge in [0, 0.05) is 11.8 Å². The number of anilines is 2. The highest BCUT2D eigenvalue weighted by atomic mass is 35.5. The third kappa shape index (κ3) is 2.46. The molecule has 1 aliphatic heterocycles. The number of nitriles is 1. The Balaban J connectivity index is 1.81. The van der Waals surface area contributed by atoms with Gasteiger partial charge in [-0.1, -0.05) is 11.6 Å². The van der Waals surface area contributed by atoms with Crippen molar-refractivity contribution in [3.05, 3.63) is 47.0 Å². The van der Waals surface area contributed by atoms with Crippen molar-refractivity contribution < 1.29 is 14.3 Å². The molecule has 0 radical (unpaired) electrons. The number of rotatable bonds is 2. The van der Waals surface area contributed by atoms with Gasteiger partial charge in [0.1, 0.15) is 11.6 Å². The smallest absolute Gasteiger partial charge is 0.259 e. The number of aromatic hydroxyl groups is 1. The van der Waals surface area contributed by atoms with Crippen LogP contribution in [0.5, 0.6) is 5.75 Å². The number of hydrogen-bond acceptors (Lipinski definition) is 5. The van der Waals surface area contributed by atoms with Crippen LogP contribution in [-0.2, 0) is 4.79 Å². The van der Waals surface area contributed by atoms with Gasteiger partial charge in [-0.15, -0.1) is 0 Å². The van der Waals surface area contributed by atoms with E-state index in [1.165, 1.54) is 29.3 Å². The van der Waals surface area contributed by atoms with E-state index in [-0.39, 0.29) is 21.7 Å². The van der Waals surface area contributed by atoms with Crippen LogP contribution in [0.1, 0.15) is 25.0 Å². The Bertz CT molecular complexity index is 1030. The van der Waals surface area contributed by atoms with Crippen LogP contribution in [0.4, 0.5) is 15.8 Å². The highest BCUT2D eigenvalue weighted by molar-refractivity contribution is 7.81. The van der Waals surface area contributed by atoms with E-state index in [1.807, 2.05) is 6.07 Å². The molecule has 1 spiro atoms. The maximum absolute atomic E-state index is 13.9. The minimum atomic E-state index is -0.888. The number of phenols is 1. The van der Waals surface area contributed by atoms with E-state index in [1.54, 1.807) is 4.90 Å².